The van der Waals surface area contributed by atoms with E-state index in [9.17, 15) is 4.79 Å². The van der Waals surface area contributed by atoms with Gasteiger partial charge in [-0.3, -0.25) is 9.48 Å². The van der Waals surface area contributed by atoms with Gasteiger partial charge in [0.2, 0.25) is 5.91 Å². The minimum Gasteiger partial charge on any atom is -0.349 e. The van der Waals surface area contributed by atoms with Gasteiger partial charge < -0.3 is 5.32 Å². The third-order valence-corrected chi connectivity index (χ3v) is 5.48. The molecule has 0 bridgehead atoms. The molecule has 2 rings (SSSR count). The first kappa shape index (κ1) is 19.0. The summed E-state index contributed by atoms with van der Waals surface area (Å²) < 4.78 is 2.80. The van der Waals surface area contributed by atoms with Gasteiger partial charge in [-0.1, -0.05) is 25.4 Å². The van der Waals surface area contributed by atoms with Crippen molar-refractivity contribution in [3.05, 3.63) is 38.3 Å². The fraction of sp³-hybridized carbons (Fsp3) is 0.556. The van der Waals surface area contributed by atoms with E-state index in [0.717, 1.165) is 27.9 Å². The van der Waals surface area contributed by atoms with Crippen LogP contribution in [0.4, 0.5) is 0 Å². The molecule has 1 amide bonds. The lowest BCUT2D eigenvalue weighted by molar-refractivity contribution is -0.121. The van der Waals surface area contributed by atoms with Crippen molar-refractivity contribution in [2.75, 3.05) is 0 Å². The van der Waals surface area contributed by atoms with Crippen molar-refractivity contribution in [1.29, 1.82) is 0 Å². The second-order valence-electron chi connectivity index (χ2n) is 6.66. The summed E-state index contributed by atoms with van der Waals surface area (Å²) in [7, 11) is 0. The summed E-state index contributed by atoms with van der Waals surface area (Å²) in [5.74, 6) is 0.611. The molecule has 0 saturated carbocycles. The number of nitrogens with one attached hydrogen (secondary N) is 1. The standard InChI is InChI=1S/C18H26ClN3OS/c1-11(2)10-22-14(5)15(12(3)21-22)6-9-18(23)20-13(4)16-7-8-17(19)24-16/h7-8,11,13H,6,9-10H2,1-5H3,(H,20,23). The maximum Gasteiger partial charge on any atom is 0.220 e. The van der Waals surface area contributed by atoms with E-state index in [1.165, 1.54) is 22.6 Å². The van der Waals surface area contributed by atoms with Gasteiger partial charge in [-0.25, -0.2) is 0 Å². The van der Waals surface area contributed by atoms with Crippen LogP contribution in [0.3, 0.4) is 0 Å². The Labute approximate surface area is 153 Å². The molecule has 1 atom stereocenters. The van der Waals surface area contributed by atoms with Gasteiger partial charge in [0, 0.05) is 23.5 Å². The molecule has 0 spiro atoms. The third-order valence-electron chi connectivity index (χ3n) is 4.07. The van der Waals surface area contributed by atoms with Crippen LogP contribution in [0.25, 0.3) is 0 Å². The smallest absolute Gasteiger partial charge is 0.220 e. The Bertz CT molecular complexity index is 705. The van der Waals surface area contributed by atoms with Crippen molar-refractivity contribution in [2.24, 2.45) is 5.92 Å². The fourth-order valence-corrected chi connectivity index (χ4v) is 3.87. The van der Waals surface area contributed by atoms with Crippen LogP contribution in [0.1, 0.15) is 55.1 Å². The Morgan fingerprint density at radius 2 is 2.04 bits per heavy atom. The van der Waals surface area contributed by atoms with E-state index in [1.54, 1.807) is 0 Å². The molecule has 2 aromatic rings. The molecular formula is C18H26ClN3OS. The summed E-state index contributed by atoms with van der Waals surface area (Å²) in [6, 6.07) is 3.81. The molecule has 0 aromatic carbocycles. The van der Waals surface area contributed by atoms with Crippen LogP contribution in [0, 0.1) is 19.8 Å². The molecule has 2 heterocycles. The first-order valence-electron chi connectivity index (χ1n) is 8.35. The van der Waals surface area contributed by atoms with E-state index in [-0.39, 0.29) is 11.9 Å². The topological polar surface area (TPSA) is 46.9 Å². The van der Waals surface area contributed by atoms with Crippen molar-refractivity contribution in [3.8, 4) is 0 Å². The minimum atomic E-state index is -0.0131. The number of carbonyl (C=O) groups is 1. The van der Waals surface area contributed by atoms with Gasteiger partial charge >= 0.3 is 0 Å². The van der Waals surface area contributed by atoms with Gasteiger partial charge in [0.25, 0.3) is 0 Å². The average molecular weight is 368 g/mol. The number of amides is 1. The van der Waals surface area contributed by atoms with E-state index in [2.05, 4.69) is 35.9 Å². The van der Waals surface area contributed by atoms with Crippen LogP contribution >= 0.6 is 22.9 Å². The predicted octanol–water partition coefficient (Wildman–Crippen LogP) is 4.68. The zero-order chi connectivity index (χ0) is 17.9. The summed E-state index contributed by atoms with van der Waals surface area (Å²) in [5.41, 5.74) is 3.39. The predicted molar refractivity (Wildman–Crippen MR) is 101 cm³/mol. The lowest BCUT2D eigenvalue weighted by Crippen LogP contribution is -2.26. The molecule has 0 radical (unpaired) electrons. The first-order valence-corrected chi connectivity index (χ1v) is 9.54. The lowest BCUT2D eigenvalue weighted by Gasteiger charge is -2.12. The SMILES string of the molecule is Cc1nn(CC(C)C)c(C)c1CCC(=O)NC(C)c1ccc(Cl)s1. The molecule has 24 heavy (non-hydrogen) atoms. The number of halogens is 1. The second kappa shape index (κ2) is 8.17. The van der Waals surface area contributed by atoms with Gasteiger partial charge in [0.1, 0.15) is 0 Å². The van der Waals surface area contributed by atoms with Gasteiger partial charge in [-0.05, 0) is 50.8 Å². The third kappa shape index (κ3) is 4.84. The molecular weight excluding hydrogens is 342 g/mol. The first-order chi connectivity index (χ1) is 11.3. The molecule has 4 nitrogen and oxygen atoms in total. The average Bonchev–Trinajstić information content (AvgIpc) is 3.02. The Kier molecular flexibility index (Phi) is 6.47. The highest BCUT2D eigenvalue weighted by atomic mass is 35.5. The van der Waals surface area contributed by atoms with E-state index in [4.69, 9.17) is 11.6 Å². The Morgan fingerprint density at radius 1 is 1.33 bits per heavy atom. The van der Waals surface area contributed by atoms with Crippen LogP contribution in [0.15, 0.2) is 12.1 Å². The molecule has 2 aromatic heterocycles. The number of carbonyl (C=O) groups excluding carboxylic acids is 1. The number of hydrogen-bond acceptors (Lipinski definition) is 3. The molecule has 0 fully saturated rings. The van der Waals surface area contributed by atoms with Crippen molar-refractivity contribution in [1.82, 2.24) is 15.1 Å². The largest absolute Gasteiger partial charge is 0.349 e. The molecule has 132 valence electrons. The van der Waals surface area contributed by atoms with E-state index >= 15 is 0 Å². The van der Waals surface area contributed by atoms with Crippen LogP contribution in [-0.2, 0) is 17.8 Å². The summed E-state index contributed by atoms with van der Waals surface area (Å²) in [6.07, 6.45) is 1.19. The van der Waals surface area contributed by atoms with Gasteiger partial charge in [0.05, 0.1) is 16.1 Å². The van der Waals surface area contributed by atoms with Gasteiger partial charge in [0.15, 0.2) is 0 Å². The van der Waals surface area contributed by atoms with Crippen LogP contribution < -0.4 is 5.32 Å². The van der Waals surface area contributed by atoms with Crippen molar-refractivity contribution in [3.63, 3.8) is 0 Å². The summed E-state index contributed by atoms with van der Waals surface area (Å²) in [6.45, 7) is 11.4. The quantitative estimate of drug-likeness (QED) is 0.772. The Balaban J connectivity index is 1.93. The Hall–Kier alpha value is -1.33. The second-order valence-corrected chi connectivity index (χ2v) is 8.40. The molecule has 1 unspecified atom stereocenters. The maximum atomic E-state index is 12.2. The number of aryl methyl sites for hydroxylation is 1. The van der Waals surface area contributed by atoms with Crippen LogP contribution in [-0.4, -0.2) is 15.7 Å². The fourth-order valence-electron chi connectivity index (χ4n) is 2.80. The number of thiophene rings is 1. The molecule has 0 aliphatic heterocycles. The van der Waals surface area contributed by atoms with Crippen molar-refractivity contribution in [2.45, 2.75) is 60.0 Å². The zero-order valence-corrected chi connectivity index (χ0v) is 16.6. The minimum absolute atomic E-state index is 0.0131. The van der Waals surface area contributed by atoms with Gasteiger partial charge in [-0.2, -0.15) is 5.10 Å². The molecule has 6 heteroatoms. The number of hydrogen-bond donors (Lipinski definition) is 1. The van der Waals surface area contributed by atoms with E-state index < -0.39 is 0 Å². The lowest BCUT2D eigenvalue weighted by atomic mass is 10.1. The Morgan fingerprint density at radius 3 is 2.62 bits per heavy atom. The summed E-state index contributed by atoms with van der Waals surface area (Å²) in [4.78, 5) is 13.3. The van der Waals surface area contributed by atoms with E-state index in [0.29, 0.717) is 12.3 Å². The highest BCUT2D eigenvalue weighted by Gasteiger charge is 2.15. The van der Waals surface area contributed by atoms with Crippen molar-refractivity contribution < 1.29 is 4.79 Å². The molecule has 1 N–H and O–H groups in total. The number of rotatable bonds is 7. The molecule has 0 aliphatic carbocycles. The highest BCUT2D eigenvalue weighted by Crippen LogP contribution is 2.26. The van der Waals surface area contributed by atoms with E-state index in [1.807, 2.05) is 26.0 Å². The van der Waals surface area contributed by atoms with Gasteiger partial charge in [-0.15, -0.1) is 11.3 Å². The number of aromatic nitrogens is 2. The summed E-state index contributed by atoms with van der Waals surface area (Å²) >= 11 is 7.46. The zero-order valence-electron chi connectivity index (χ0n) is 15.0. The number of nitrogens with zero attached hydrogens (tertiary/aromatic N) is 2. The normalized spacial score (nSPS) is 12.6. The molecule has 0 saturated heterocycles. The molecule has 0 aliphatic rings. The monoisotopic (exact) mass is 367 g/mol. The van der Waals surface area contributed by atoms with Crippen LogP contribution in [0.2, 0.25) is 4.34 Å². The summed E-state index contributed by atoms with van der Waals surface area (Å²) in [5, 5.41) is 7.65. The highest BCUT2D eigenvalue weighted by molar-refractivity contribution is 7.16. The van der Waals surface area contributed by atoms with Crippen molar-refractivity contribution >= 4 is 28.8 Å². The van der Waals surface area contributed by atoms with Crippen LogP contribution in [0.5, 0.6) is 0 Å². The maximum absolute atomic E-state index is 12.2.